The maximum Gasteiger partial charge on any atom is 0.165 e. The maximum absolute atomic E-state index is 11.0. The Labute approximate surface area is 117 Å². The molecule has 0 aliphatic rings. The van der Waals surface area contributed by atoms with Crippen molar-refractivity contribution in [2.75, 3.05) is 7.11 Å². The molecule has 2 rings (SSSR count). The van der Waals surface area contributed by atoms with Gasteiger partial charge in [0, 0.05) is 12.1 Å². The second-order valence-electron chi connectivity index (χ2n) is 4.52. The first kappa shape index (κ1) is 14.0. The van der Waals surface area contributed by atoms with Crippen molar-refractivity contribution in [3.63, 3.8) is 0 Å². The molecule has 2 aromatic rings. The van der Waals surface area contributed by atoms with Crippen LogP contribution in [0, 0.1) is 0 Å². The van der Waals surface area contributed by atoms with Crippen LogP contribution in [0.1, 0.15) is 36.1 Å². The molecule has 0 saturated heterocycles. The van der Waals surface area contributed by atoms with E-state index in [9.17, 15) is 4.79 Å². The number of rotatable bonds is 6. The van der Waals surface area contributed by atoms with Crippen LogP contribution in [0.15, 0.2) is 24.5 Å². The van der Waals surface area contributed by atoms with Gasteiger partial charge in [0.2, 0.25) is 0 Å². The minimum Gasteiger partial charge on any atom is -0.497 e. The molecular formula is C14H17N3O3. The van der Waals surface area contributed by atoms with Crippen molar-refractivity contribution in [3.8, 4) is 11.5 Å². The highest BCUT2D eigenvalue weighted by Gasteiger charge is 2.10. The van der Waals surface area contributed by atoms with Gasteiger partial charge in [0.15, 0.2) is 12.1 Å². The summed E-state index contributed by atoms with van der Waals surface area (Å²) in [5, 5.41) is 4.14. The van der Waals surface area contributed by atoms with Gasteiger partial charge in [-0.25, -0.2) is 9.67 Å². The molecule has 0 amide bonds. The zero-order chi connectivity index (χ0) is 14.5. The third-order valence-electron chi connectivity index (χ3n) is 2.84. The van der Waals surface area contributed by atoms with Gasteiger partial charge in [-0.3, -0.25) is 4.79 Å². The van der Waals surface area contributed by atoms with E-state index in [1.165, 1.54) is 6.33 Å². The second-order valence-corrected chi connectivity index (χ2v) is 4.52. The molecule has 20 heavy (non-hydrogen) atoms. The summed E-state index contributed by atoms with van der Waals surface area (Å²) in [7, 11) is 1.56. The lowest BCUT2D eigenvalue weighted by Crippen LogP contribution is -2.11. The molecule has 0 radical (unpaired) electrons. The van der Waals surface area contributed by atoms with Crippen molar-refractivity contribution in [1.82, 2.24) is 14.8 Å². The number of aromatic nitrogens is 3. The van der Waals surface area contributed by atoms with Crippen LogP contribution in [0.2, 0.25) is 0 Å². The van der Waals surface area contributed by atoms with Crippen LogP contribution in [0.3, 0.4) is 0 Å². The van der Waals surface area contributed by atoms with Gasteiger partial charge in [-0.1, -0.05) is 0 Å². The average molecular weight is 275 g/mol. The highest BCUT2D eigenvalue weighted by Crippen LogP contribution is 2.24. The molecule has 0 aliphatic heterocycles. The zero-order valence-electron chi connectivity index (χ0n) is 11.7. The van der Waals surface area contributed by atoms with Gasteiger partial charge in [-0.2, -0.15) is 5.10 Å². The molecule has 0 N–H and O–H groups in total. The van der Waals surface area contributed by atoms with Crippen molar-refractivity contribution < 1.29 is 14.3 Å². The molecule has 106 valence electrons. The average Bonchev–Trinajstić information content (AvgIpc) is 2.93. The van der Waals surface area contributed by atoms with E-state index in [1.54, 1.807) is 30.0 Å². The van der Waals surface area contributed by atoms with Gasteiger partial charge in [0.05, 0.1) is 12.7 Å². The molecule has 0 unspecified atom stereocenters. The SMILES string of the molecule is COc1ccc(C=O)c(OCc2ncnn2C(C)C)c1. The molecule has 6 nitrogen and oxygen atoms in total. The predicted octanol–water partition coefficient (Wildman–Crippen LogP) is 2.26. The van der Waals surface area contributed by atoms with E-state index in [-0.39, 0.29) is 12.6 Å². The fraction of sp³-hybridized carbons (Fsp3) is 0.357. The topological polar surface area (TPSA) is 66.2 Å². The Morgan fingerprint density at radius 1 is 1.40 bits per heavy atom. The first-order chi connectivity index (χ1) is 9.65. The minimum atomic E-state index is 0.201. The van der Waals surface area contributed by atoms with Gasteiger partial charge in [0.25, 0.3) is 0 Å². The number of carbonyl (C=O) groups excluding carboxylic acids is 1. The Morgan fingerprint density at radius 2 is 2.20 bits per heavy atom. The van der Waals surface area contributed by atoms with Crippen LogP contribution >= 0.6 is 0 Å². The van der Waals surface area contributed by atoms with Crippen molar-refractivity contribution in [2.45, 2.75) is 26.5 Å². The van der Waals surface area contributed by atoms with Gasteiger partial charge < -0.3 is 9.47 Å². The van der Waals surface area contributed by atoms with Crippen molar-refractivity contribution in [2.24, 2.45) is 0 Å². The Bertz CT molecular complexity index is 593. The first-order valence-electron chi connectivity index (χ1n) is 6.30. The number of ether oxygens (including phenoxy) is 2. The van der Waals surface area contributed by atoms with E-state index in [0.29, 0.717) is 22.9 Å². The lowest BCUT2D eigenvalue weighted by atomic mass is 10.2. The lowest BCUT2D eigenvalue weighted by Gasteiger charge is -2.12. The molecule has 0 bridgehead atoms. The number of hydrogen-bond donors (Lipinski definition) is 0. The monoisotopic (exact) mass is 275 g/mol. The van der Waals surface area contributed by atoms with E-state index in [2.05, 4.69) is 10.1 Å². The summed E-state index contributed by atoms with van der Waals surface area (Å²) in [5.41, 5.74) is 0.474. The quantitative estimate of drug-likeness (QED) is 0.756. The molecular weight excluding hydrogens is 258 g/mol. The van der Waals surface area contributed by atoms with Crippen molar-refractivity contribution in [1.29, 1.82) is 0 Å². The van der Waals surface area contributed by atoms with Crippen LogP contribution in [0.25, 0.3) is 0 Å². The van der Waals surface area contributed by atoms with Crippen molar-refractivity contribution in [3.05, 3.63) is 35.9 Å². The summed E-state index contributed by atoms with van der Waals surface area (Å²) in [5.74, 6) is 1.81. The van der Waals surface area contributed by atoms with Crippen LogP contribution in [0.5, 0.6) is 11.5 Å². The summed E-state index contributed by atoms with van der Waals surface area (Å²) in [6.07, 6.45) is 2.24. The molecule has 6 heteroatoms. The fourth-order valence-corrected chi connectivity index (χ4v) is 1.82. The fourth-order valence-electron chi connectivity index (χ4n) is 1.82. The number of aldehydes is 1. The van der Waals surface area contributed by atoms with Gasteiger partial charge in [-0.15, -0.1) is 0 Å². The van der Waals surface area contributed by atoms with E-state index < -0.39 is 0 Å². The summed E-state index contributed by atoms with van der Waals surface area (Å²) >= 11 is 0. The number of benzene rings is 1. The summed E-state index contributed by atoms with van der Waals surface area (Å²) in [6, 6.07) is 5.26. The van der Waals surface area contributed by atoms with Crippen LogP contribution in [-0.4, -0.2) is 28.2 Å². The van der Waals surface area contributed by atoms with Crippen LogP contribution < -0.4 is 9.47 Å². The maximum atomic E-state index is 11.0. The molecule has 1 heterocycles. The molecule has 0 saturated carbocycles. The molecule has 0 spiro atoms. The van der Waals surface area contributed by atoms with Crippen LogP contribution in [0.4, 0.5) is 0 Å². The number of methoxy groups -OCH3 is 1. The number of hydrogen-bond acceptors (Lipinski definition) is 5. The smallest absolute Gasteiger partial charge is 0.165 e. The van der Waals surface area contributed by atoms with Crippen molar-refractivity contribution >= 4 is 6.29 Å². The van der Waals surface area contributed by atoms with E-state index in [1.807, 2.05) is 13.8 Å². The summed E-state index contributed by atoms with van der Waals surface area (Å²) in [4.78, 5) is 15.2. The Morgan fingerprint density at radius 3 is 2.85 bits per heavy atom. The van der Waals surface area contributed by atoms with Gasteiger partial charge in [-0.05, 0) is 26.0 Å². The first-order valence-corrected chi connectivity index (χ1v) is 6.30. The minimum absolute atomic E-state index is 0.201. The van der Waals surface area contributed by atoms with E-state index in [0.717, 1.165) is 6.29 Å². The highest BCUT2D eigenvalue weighted by molar-refractivity contribution is 5.79. The Balaban J connectivity index is 2.17. The number of carbonyl (C=O) groups is 1. The zero-order valence-corrected chi connectivity index (χ0v) is 11.7. The van der Waals surface area contributed by atoms with Gasteiger partial charge >= 0.3 is 0 Å². The van der Waals surface area contributed by atoms with E-state index in [4.69, 9.17) is 9.47 Å². The summed E-state index contributed by atoms with van der Waals surface area (Å²) in [6.45, 7) is 4.27. The molecule has 1 aromatic heterocycles. The predicted molar refractivity (Wildman–Crippen MR) is 73.1 cm³/mol. The van der Waals surface area contributed by atoms with Gasteiger partial charge in [0.1, 0.15) is 24.4 Å². The second kappa shape index (κ2) is 6.18. The highest BCUT2D eigenvalue weighted by atomic mass is 16.5. The standard InChI is InChI=1S/C14H17N3O3/c1-10(2)17-14(15-9-16-17)8-20-13-6-12(19-3)5-4-11(13)7-18/h4-7,9-10H,8H2,1-3H3. The van der Waals surface area contributed by atoms with E-state index >= 15 is 0 Å². The normalized spacial score (nSPS) is 10.6. The molecule has 0 fully saturated rings. The molecule has 0 aliphatic carbocycles. The third-order valence-corrected chi connectivity index (χ3v) is 2.84. The Kier molecular flexibility index (Phi) is 4.34. The number of nitrogens with zero attached hydrogens (tertiary/aromatic N) is 3. The largest absolute Gasteiger partial charge is 0.497 e. The third kappa shape index (κ3) is 2.96. The Hall–Kier alpha value is -2.37. The molecule has 1 aromatic carbocycles. The summed E-state index contributed by atoms with van der Waals surface area (Å²) < 4.78 is 12.6. The molecule has 0 atom stereocenters. The lowest BCUT2D eigenvalue weighted by molar-refractivity contribution is 0.111. The van der Waals surface area contributed by atoms with Crippen LogP contribution in [-0.2, 0) is 6.61 Å².